The van der Waals surface area contributed by atoms with Gasteiger partial charge in [-0.15, -0.1) is 0 Å². The molecule has 1 rings (SSSR count). The molecule has 0 aliphatic carbocycles. The van der Waals surface area contributed by atoms with Crippen LogP contribution in [0.1, 0.15) is 27.7 Å². The minimum atomic E-state index is -1.92. The molecule has 1 fully saturated rings. The second-order valence-corrected chi connectivity index (χ2v) is 5.20. The van der Waals surface area contributed by atoms with Gasteiger partial charge in [-0.25, -0.2) is 4.39 Å². The molecule has 0 bridgehead atoms. The molecule has 1 aliphatic rings. The molecule has 0 saturated carbocycles. The molecule has 0 radical (unpaired) electrons. The number of ether oxygens (including phenoxy) is 4. The summed E-state index contributed by atoms with van der Waals surface area (Å²) in [4.78, 5) is 44.7. The van der Waals surface area contributed by atoms with Crippen LogP contribution < -0.4 is 5.32 Å². The summed E-state index contributed by atoms with van der Waals surface area (Å²) in [6, 6.07) is -1.25. The van der Waals surface area contributed by atoms with Crippen LogP contribution in [-0.2, 0) is 38.1 Å². The molecule has 1 amide bonds. The summed E-state index contributed by atoms with van der Waals surface area (Å²) in [5.41, 5.74) is 0. The van der Waals surface area contributed by atoms with Gasteiger partial charge in [-0.2, -0.15) is 0 Å². The van der Waals surface area contributed by atoms with Gasteiger partial charge in [0, 0.05) is 27.7 Å². The molecule has 5 atom stereocenters. The van der Waals surface area contributed by atoms with Crippen molar-refractivity contribution in [2.45, 2.75) is 58.4 Å². The Morgan fingerprint density at radius 3 is 2.04 bits per heavy atom. The predicted octanol–water partition coefficient (Wildman–Crippen LogP) is -0.388. The molecule has 10 heteroatoms. The average Bonchev–Trinajstić information content (AvgIpc) is 2.42. The van der Waals surface area contributed by atoms with E-state index in [9.17, 15) is 23.6 Å². The summed E-state index contributed by atoms with van der Waals surface area (Å²) in [6.07, 6.45) is -6.15. The Morgan fingerprint density at radius 2 is 1.58 bits per heavy atom. The molecule has 24 heavy (non-hydrogen) atoms. The van der Waals surface area contributed by atoms with Crippen LogP contribution in [0, 0.1) is 0 Å². The summed E-state index contributed by atoms with van der Waals surface area (Å²) >= 11 is 0. The third-order valence-corrected chi connectivity index (χ3v) is 3.03. The molecule has 1 saturated heterocycles. The van der Waals surface area contributed by atoms with Crippen molar-refractivity contribution in [2.24, 2.45) is 0 Å². The molecule has 1 aliphatic heterocycles. The Kier molecular flexibility index (Phi) is 7.08. The highest BCUT2D eigenvalue weighted by Crippen LogP contribution is 2.27. The second kappa shape index (κ2) is 8.57. The number of rotatable bonds is 5. The summed E-state index contributed by atoms with van der Waals surface area (Å²) in [5.74, 6) is -2.78. The van der Waals surface area contributed by atoms with Gasteiger partial charge in [-0.3, -0.25) is 19.2 Å². The first kappa shape index (κ1) is 19.8. The van der Waals surface area contributed by atoms with Gasteiger partial charge in [-0.1, -0.05) is 0 Å². The third-order valence-electron chi connectivity index (χ3n) is 3.03. The second-order valence-electron chi connectivity index (χ2n) is 5.20. The molecule has 9 nitrogen and oxygen atoms in total. The van der Waals surface area contributed by atoms with Gasteiger partial charge in [-0.05, 0) is 0 Å². The SMILES string of the molecule is CC(=O)NC1C(OC(C)=O)[C@@H](F)C(COC(C)=O)O[C@H]1OC(C)=O. The third kappa shape index (κ3) is 5.76. The Balaban J connectivity index is 3.07. The molecule has 136 valence electrons. The van der Waals surface area contributed by atoms with E-state index in [1.807, 2.05) is 0 Å². The van der Waals surface area contributed by atoms with Crippen LogP contribution in [0.5, 0.6) is 0 Å². The number of halogens is 1. The standard InChI is InChI=1S/C14H20FNO8/c1-6(17)16-12-13(22-8(3)19)11(15)10(5-21-7(2)18)24-14(12)23-9(4)20/h10-14H,5H2,1-4H3,(H,16,17)/t10?,11-,12?,13?,14+/m0/s1. The van der Waals surface area contributed by atoms with E-state index in [4.69, 9.17) is 18.9 Å². The molecule has 1 N–H and O–H groups in total. The minimum Gasteiger partial charge on any atom is -0.463 e. The van der Waals surface area contributed by atoms with Crippen molar-refractivity contribution in [1.29, 1.82) is 0 Å². The maximum Gasteiger partial charge on any atom is 0.305 e. The zero-order valence-corrected chi connectivity index (χ0v) is 13.7. The lowest BCUT2D eigenvalue weighted by Gasteiger charge is -2.42. The van der Waals surface area contributed by atoms with Crippen LogP contribution >= 0.6 is 0 Å². The Bertz CT molecular complexity index is 511. The summed E-state index contributed by atoms with van der Waals surface area (Å²) < 4.78 is 34.5. The van der Waals surface area contributed by atoms with Gasteiger partial charge in [0.25, 0.3) is 0 Å². The number of amides is 1. The molecule has 0 aromatic carbocycles. The van der Waals surface area contributed by atoms with Crippen molar-refractivity contribution in [3.05, 3.63) is 0 Å². The summed E-state index contributed by atoms with van der Waals surface area (Å²) in [5, 5.41) is 2.34. The van der Waals surface area contributed by atoms with Crippen molar-refractivity contribution < 1.29 is 42.5 Å². The number of hydrogen-bond acceptors (Lipinski definition) is 8. The van der Waals surface area contributed by atoms with E-state index in [-0.39, 0.29) is 0 Å². The number of esters is 3. The Morgan fingerprint density at radius 1 is 1.00 bits per heavy atom. The van der Waals surface area contributed by atoms with E-state index < -0.39 is 61.1 Å². The molecular weight excluding hydrogens is 329 g/mol. The van der Waals surface area contributed by atoms with Crippen LogP contribution in [0.3, 0.4) is 0 Å². The number of carbonyl (C=O) groups excluding carboxylic acids is 4. The Labute approximate surface area is 137 Å². The summed E-state index contributed by atoms with van der Waals surface area (Å²) in [7, 11) is 0. The molecule has 3 unspecified atom stereocenters. The highest BCUT2D eigenvalue weighted by molar-refractivity contribution is 5.74. The van der Waals surface area contributed by atoms with Gasteiger partial charge >= 0.3 is 17.9 Å². The van der Waals surface area contributed by atoms with Crippen molar-refractivity contribution in [2.75, 3.05) is 6.61 Å². The highest BCUT2D eigenvalue weighted by Gasteiger charge is 2.50. The van der Waals surface area contributed by atoms with Crippen molar-refractivity contribution in [1.82, 2.24) is 5.32 Å². The van der Waals surface area contributed by atoms with Crippen LogP contribution in [0.25, 0.3) is 0 Å². The average molecular weight is 349 g/mol. The number of alkyl halides is 1. The number of nitrogens with one attached hydrogen (secondary N) is 1. The van der Waals surface area contributed by atoms with E-state index in [0.29, 0.717) is 0 Å². The first-order valence-corrected chi connectivity index (χ1v) is 7.16. The fourth-order valence-electron chi connectivity index (χ4n) is 2.21. The largest absolute Gasteiger partial charge is 0.463 e. The van der Waals surface area contributed by atoms with E-state index in [1.165, 1.54) is 0 Å². The fourth-order valence-corrected chi connectivity index (χ4v) is 2.21. The zero-order chi connectivity index (χ0) is 18.4. The summed E-state index contributed by atoms with van der Waals surface area (Å²) in [6.45, 7) is 3.97. The first-order valence-electron chi connectivity index (χ1n) is 7.16. The predicted molar refractivity (Wildman–Crippen MR) is 75.1 cm³/mol. The maximum absolute atomic E-state index is 14.6. The van der Waals surface area contributed by atoms with Gasteiger partial charge in [0.2, 0.25) is 12.2 Å². The van der Waals surface area contributed by atoms with Gasteiger partial charge in [0.15, 0.2) is 12.3 Å². The van der Waals surface area contributed by atoms with Crippen LogP contribution in [0.15, 0.2) is 0 Å². The monoisotopic (exact) mass is 349 g/mol. The van der Waals surface area contributed by atoms with Crippen LogP contribution in [-0.4, -0.2) is 61.1 Å². The lowest BCUT2D eigenvalue weighted by molar-refractivity contribution is -0.256. The van der Waals surface area contributed by atoms with Crippen LogP contribution in [0.2, 0.25) is 0 Å². The topological polar surface area (TPSA) is 117 Å². The first-order chi connectivity index (χ1) is 11.1. The van der Waals surface area contributed by atoms with Gasteiger partial charge in [0.05, 0.1) is 0 Å². The normalized spacial score (nSPS) is 29.3. The van der Waals surface area contributed by atoms with Gasteiger partial charge in [0.1, 0.15) is 18.8 Å². The quantitative estimate of drug-likeness (QED) is 0.527. The minimum absolute atomic E-state index is 0.473. The number of carbonyl (C=O) groups is 4. The Hall–Kier alpha value is -2.23. The van der Waals surface area contributed by atoms with Crippen molar-refractivity contribution in [3.8, 4) is 0 Å². The lowest BCUT2D eigenvalue weighted by Crippen LogP contribution is -2.64. The molecular formula is C14H20FNO8. The fraction of sp³-hybridized carbons (Fsp3) is 0.714. The van der Waals surface area contributed by atoms with E-state index in [0.717, 1.165) is 27.7 Å². The molecule has 0 spiro atoms. The van der Waals surface area contributed by atoms with Crippen LogP contribution in [0.4, 0.5) is 4.39 Å². The highest BCUT2D eigenvalue weighted by atomic mass is 19.1. The molecule has 0 aromatic heterocycles. The van der Waals surface area contributed by atoms with Gasteiger partial charge < -0.3 is 24.3 Å². The van der Waals surface area contributed by atoms with E-state index >= 15 is 0 Å². The van der Waals surface area contributed by atoms with Crippen molar-refractivity contribution in [3.63, 3.8) is 0 Å². The smallest absolute Gasteiger partial charge is 0.305 e. The van der Waals surface area contributed by atoms with E-state index in [2.05, 4.69) is 5.32 Å². The lowest BCUT2D eigenvalue weighted by atomic mass is 9.97. The van der Waals surface area contributed by atoms with Crippen molar-refractivity contribution >= 4 is 23.8 Å². The number of hydrogen-bond donors (Lipinski definition) is 1. The zero-order valence-electron chi connectivity index (χ0n) is 13.7. The molecule has 0 aromatic rings. The maximum atomic E-state index is 14.6. The van der Waals surface area contributed by atoms with E-state index in [1.54, 1.807) is 0 Å². The molecule has 1 heterocycles.